The summed E-state index contributed by atoms with van der Waals surface area (Å²) in [6.45, 7) is 4.39. The van der Waals surface area contributed by atoms with Gasteiger partial charge in [0.25, 0.3) is 0 Å². The number of nitrogens with one attached hydrogen (secondary N) is 3. The standard InChI is InChI=1S/C18H27N5O5S2/c1-7-12-11(8(2)24)16(26)23(12)13(17(27)28)14(7)30-9-5-10(22-6-9)15(25)21-3-4-29-18(19)20/h7-12,22,24H,3-6H2,1-2H3,(H3,19,20)(H,21,25)(H,27,28)/t7-,8-,9+,10+,11-,12-/m1/s1. The van der Waals surface area contributed by atoms with Crippen molar-refractivity contribution >= 4 is 46.5 Å². The van der Waals surface area contributed by atoms with Crippen LogP contribution < -0.4 is 16.4 Å². The van der Waals surface area contributed by atoms with Gasteiger partial charge in [0.1, 0.15) is 5.70 Å². The Balaban J connectivity index is 1.61. The molecule has 3 heterocycles. The zero-order valence-corrected chi connectivity index (χ0v) is 18.4. The lowest BCUT2D eigenvalue weighted by Crippen LogP contribution is -2.63. The third-order valence-corrected chi connectivity index (χ3v) is 7.90. The molecule has 0 aromatic carbocycles. The molecular formula is C18H27N5O5S2. The number of aliphatic hydroxyl groups is 1. The molecule has 166 valence electrons. The summed E-state index contributed by atoms with van der Waals surface area (Å²) in [4.78, 5) is 38.6. The van der Waals surface area contributed by atoms with Crippen molar-refractivity contribution in [2.45, 2.75) is 43.7 Å². The second-order valence-corrected chi connectivity index (χ2v) is 10.2. The van der Waals surface area contributed by atoms with Gasteiger partial charge >= 0.3 is 5.97 Å². The van der Waals surface area contributed by atoms with Crippen LogP contribution in [-0.4, -0.2) is 80.3 Å². The predicted molar refractivity (Wildman–Crippen MR) is 115 cm³/mol. The van der Waals surface area contributed by atoms with Crippen molar-refractivity contribution in [3.05, 3.63) is 10.6 Å². The van der Waals surface area contributed by atoms with Crippen LogP contribution in [0.3, 0.4) is 0 Å². The van der Waals surface area contributed by atoms with E-state index in [-0.39, 0.29) is 45.9 Å². The average Bonchev–Trinajstić information content (AvgIpc) is 3.21. The number of hydrogen-bond donors (Lipinski definition) is 6. The lowest BCUT2D eigenvalue weighted by atomic mass is 9.79. The Labute approximate surface area is 182 Å². The molecule has 3 aliphatic rings. The number of amidine groups is 1. The lowest BCUT2D eigenvalue weighted by Gasteiger charge is -2.46. The molecule has 2 fully saturated rings. The highest BCUT2D eigenvalue weighted by atomic mass is 32.2. The van der Waals surface area contributed by atoms with Crippen LogP contribution in [0, 0.1) is 17.2 Å². The molecule has 3 rings (SSSR count). The summed E-state index contributed by atoms with van der Waals surface area (Å²) in [6.07, 6.45) is -0.291. The Morgan fingerprint density at radius 1 is 1.47 bits per heavy atom. The first kappa shape index (κ1) is 22.9. The Morgan fingerprint density at radius 2 is 2.17 bits per heavy atom. The Hall–Kier alpha value is -1.76. The van der Waals surface area contributed by atoms with E-state index in [2.05, 4.69) is 10.6 Å². The molecule has 7 N–H and O–H groups in total. The summed E-state index contributed by atoms with van der Waals surface area (Å²) in [7, 11) is 0. The molecule has 0 saturated carbocycles. The van der Waals surface area contributed by atoms with Crippen LogP contribution in [0.4, 0.5) is 0 Å². The number of carbonyl (C=O) groups excluding carboxylic acids is 2. The molecule has 0 spiro atoms. The fourth-order valence-electron chi connectivity index (χ4n) is 4.31. The third-order valence-electron chi connectivity index (χ3n) is 5.67. The van der Waals surface area contributed by atoms with Crippen LogP contribution in [0.15, 0.2) is 10.6 Å². The molecule has 0 radical (unpaired) electrons. The highest BCUT2D eigenvalue weighted by Gasteiger charge is 2.60. The molecule has 0 aromatic rings. The number of thioether (sulfide) groups is 2. The van der Waals surface area contributed by atoms with E-state index in [1.54, 1.807) is 6.92 Å². The van der Waals surface area contributed by atoms with Gasteiger partial charge in [0.05, 0.1) is 24.1 Å². The van der Waals surface area contributed by atoms with Gasteiger partial charge in [-0.2, -0.15) is 0 Å². The summed E-state index contributed by atoms with van der Waals surface area (Å²) in [6, 6.07) is -0.711. The second kappa shape index (κ2) is 9.16. The number of hydrogen-bond acceptors (Lipinski definition) is 8. The first-order valence-electron chi connectivity index (χ1n) is 9.76. The van der Waals surface area contributed by atoms with Crippen LogP contribution in [0.5, 0.6) is 0 Å². The van der Waals surface area contributed by atoms with Gasteiger partial charge in [0.2, 0.25) is 11.8 Å². The van der Waals surface area contributed by atoms with Crippen LogP contribution in [0.2, 0.25) is 0 Å². The smallest absolute Gasteiger partial charge is 0.353 e. The number of fused-ring (bicyclic) bond motifs is 1. The van der Waals surface area contributed by atoms with Gasteiger partial charge in [-0.3, -0.25) is 15.0 Å². The van der Waals surface area contributed by atoms with E-state index in [1.807, 2.05) is 6.92 Å². The first-order valence-corrected chi connectivity index (χ1v) is 11.6. The third kappa shape index (κ3) is 4.32. The minimum atomic E-state index is -1.15. The largest absolute Gasteiger partial charge is 0.477 e. The highest BCUT2D eigenvalue weighted by molar-refractivity contribution is 8.13. The van der Waals surface area contributed by atoms with E-state index in [4.69, 9.17) is 11.1 Å². The minimum absolute atomic E-state index is 0.00190. The van der Waals surface area contributed by atoms with Crippen molar-refractivity contribution in [1.82, 2.24) is 15.5 Å². The monoisotopic (exact) mass is 457 g/mol. The van der Waals surface area contributed by atoms with Crippen molar-refractivity contribution in [1.29, 1.82) is 5.41 Å². The van der Waals surface area contributed by atoms with E-state index in [0.29, 0.717) is 30.2 Å². The van der Waals surface area contributed by atoms with Crippen molar-refractivity contribution in [3.63, 3.8) is 0 Å². The number of carbonyl (C=O) groups is 3. The number of aliphatic carboxylic acids is 1. The Morgan fingerprint density at radius 3 is 2.77 bits per heavy atom. The molecule has 6 atom stereocenters. The maximum atomic E-state index is 12.4. The normalized spacial score (nSPS) is 31.4. The number of nitrogens with two attached hydrogens (primary N) is 1. The van der Waals surface area contributed by atoms with Gasteiger partial charge in [0, 0.05) is 34.9 Å². The molecule has 2 saturated heterocycles. The number of nitrogens with zero attached hydrogens (tertiary/aromatic N) is 1. The maximum absolute atomic E-state index is 12.4. The molecule has 3 aliphatic heterocycles. The average molecular weight is 458 g/mol. The maximum Gasteiger partial charge on any atom is 0.353 e. The van der Waals surface area contributed by atoms with Crippen molar-refractivity contribution < 1.29 is 24.6 Å². The first-order chi connectivity index (χ1) is 14.1. The number of β-lactam (4-membered cyclic amide) rings is 1. The Bertz CT molecular complexity index is 789. The number of amides is 2. The summed E-state index contributed by atoms with van der Waals surface area (Å²) < 4.78 is 0. The van der Waals surface area contributed by atoms with Crippen LogP contribution in [0.1, 0.15) is 20.3 Å². The molecule has 10 nitrogen and oxygen atoms in total. The number of aliphatic hydroxyl groups excluding tert-OH is 1. The lowest BCUT2D eigenvalue weighted by molar-refractivity contribution is -0.163. The van der Waals surface area contributed by atoms with E-state index in [0.717, 1.165) is 11.8 Å². The Kier molecular flexibility index (Phi) is 7.00. The second-order valence-electron chi connectivity index (χ2n) is 7.71. The topological polar surface area (TPSA) is 169 Å². The van der Waals surface area contributed by atoms with Crippen molar-refractivity contribution in [2.75, 3.05) is 18.8 Å². The van der Waals surface area contributed by atoms with Crippen molar-refractivity contribution in [2.24, 2.45) is 17.6 Å². The van der Waals surface area contributed by atoms with Crippen LogP contribution in [0.25, 0.3) is 0 Å². The summed E-state index contributed by atoms with van der Waals surface area (Å²) in [5.74, 6) is -1.88. The zero-order chi connectivity index (χ0) is 22.2. The van der Waals surface area contributed by atoms with E-state index >= 15 is 0 Å². The van der Waals surface area contributed by atoms with E-state index < -0.39 is 18.0 Å². The van der Waals surface area contributed by atoms with E-state index in [9.17, 15) is 24.6 Å². The SMILES string of the molecule is C[C@@H](O)[C@H]1C(=O)N2C(C(=O)O)=C(S[C@@H]3CN[C@H](C(=O)NCCSC(=N)N)C3)[C@H](C)[C@H]12. The number of rotatable bonds is 8. The fourth-order valence-corrected chi connectivity index (χ4v) is 6.21. The molecular weight excluding hydrogens is 430 g/mol. The van der Waals surface area contributed by atoms with Crippen molar-refractivity contribution in [3.8, 4) is 0 Å². The van der Waals surface area contributed by atoms with Gasteiger partial charge < -0.3 is 31.5 Å². The summed E-state index contributed by atoms with van der Waals surface area (Å²) in [5, 5.41) is 32.8. The molecule has 0 aliphatic carbocycles. The van der Waals surface area contributed by atoms with E-state index in [1.165, 1.54) is 16.7 Å². The zero-order valence-electron chi connectivity index (χ0n) is 16.8. The molecule has 30 heavy (non-hydrogen) atoms. The van der Waals surface area contributed by atoms with Gasteiger partial charge in [-0.1, -0.05) is 18.7 Å². The molecule has 0 aromatic heterocycles. The summed E-state index contributed by atoms with van der Waals surface area (Å²) in [5.41, 5.74) is 5.27. The molecule has 0 unspecified atom stereocenters. The van der Waals surface area contributed by atoms with Crippen LogP contribution >= 0.6 is 23.5 Å². The minimum Gasteiger partial charge on any atom is -0.477 e. The van der Waals surface area contributed by atoms with Gasteiger partial charge in [0.15, 0.2) is 5.17 Å². The summed E-state index contributed by atoms with van der Waals surface area (Å²) >= 11 is 2.57. The molecule has 12 heteroatoms. The molecule has 2 amide bonds. The predicted octanol–water partition coefficient (Wildman–Crippen LogP) is -0.653. The number of carboxylic acids is 1. The fraction of sp³-hybridized carbons (Fsp3) is 0.667. The van der Waals surface area contributed by atoms with Gasteiger partial charge in [-0.05, 0) is 13.3 Å². The number of carboxylic acid groups (broad SMARTS) is 1. The molecule has 0 bridgehead atoms. The van der Waals surface area contributed by atoms with Gasteiger partial charge in [-0.25, -0.2) is 4.79 Å². The highest BCUT2D eigenvalue weighted by Crippen LogP contribution is 2.51. The van der Waals surface area contributed by atoms with Crippen LogP contribution in [-0.2, 0) is 14.4 Å². The van der Waals surface area contributed by atoms with Gasteiger partial charge in [-0.15, -0.1) is 11.8 Å². The quantitative estimate of drug-likeness (QED) is 0.120.